The van der Waals surface area contributed by atoms with Crippen LogP contribution in [0.4, 0.5) is 5.69 Å². The second kappa shape index (κ2) is 6.81. The van der Waals surface area contributed by atoms with Gasteiger partial charge in [-0.3, -0.25) is 0 Å². The van der Waals surface area contributed by atoms with E-state index in [0.717, 1.165) is 34.6 Å². The van der Waals surface area contributed by atoms with Gasteiger partial charge in [0.25, 0.3) is 0 Å². The van der Waals surface area contributed by atoms with E-state index in [0.29, 0.717) is 0 Å². The van der Waals surface area contributed by atoms with Crippen molar-refractivity contribution in [2.75, 3.05) is 11.9 Å². The van der Waals surface area contributed by atoms with Crippen LogP contribution in [0.5, 0.6) is 0 Å². The number of benzene rings is 2. The predicted octanol–water partition coefficient (Wildman–Crippen LogP) is 5.15. The molecule has 0 aromatic heterocycles. The lowest BCUT2D eigenvalue weighted by molar-refractivity contribution is 0.863. The molecule has 0 spiro atoms. The largest absolute Gasteiger partial charge is 0.384 e. The van der Waals surface area contributed by atoms with Crippen LogP contribution in [0.3, 0.4) is 0 Å². The predicted molar refractivity (Wildman–Crippen MR) is 82.4 cm³/mol. The quantitative estimate of drug-likeness (QED) is 0.750. The molecular weight excluding hydrogens is 310 g/mol. The van der Waals surface area contributed by atoms with E-state index in [2.05, 4.69) is 45.5 Å². The van der Waals surface area contributed by atoms with Crippen molar-refractivity contribution < 1.29 is 0 Å². The van der Waals surface area contributed by atoms with Gasteiger partial charge < -0.3 is 5.32 Å². The normalized spacial score (nSPS) is 10.3. The molecule has 0 heterocycles. The van der Waals surface area contributed by atoms with Gasteiger partial charge in [0, 0.05) is 11.0 Å². The highest BCUT2D eigenvalue weighted by Crippen LogP contribution is 2.25. The first-order chi connectivity index (χ1) is 8.75. The van der Waals surface area contributed by atoms with Crippen LogP contribution < -0.4 is 5.32 Å². The average Bonchev–Trinajstić information content (AvgIpc) is 2.38. The van der Waals surface area contributed by atoms with Gasteiger partial charge in [-0.2, -0.15) is 0 Å². The number of hydrogen-bond acceptors (Lipinski definition) is 1. The minimum atomic E-state index is 0.754. The zero-order chi connectivity index (χ0) is 12.8. The molecule has 94 valence electrons. The second-order valence-electron chi connectivity index (χ2n) is 4.14. The standard InChI is InChI=1S/C15H15BrClN/c16-13-8-9-15(14(17)11-13)18-10-4-7-12-5-2-1-3-6-12/h1-3,5-6,8-9,11,18H,4,7,10H2. The first-order valence-corrected chi connectivity index (χ1v) is 7.15. The molecule has 0 aliphatic rings. The summed E-state index contributed by atoms with van der Waals surface area (Å²) >= 11 is 9.53. The Labute approximate surface area is 121 Å². The molecule has 0 saturated heterocycles. The van der Waals surface area contributed by atoms with Gasteiger partial charge in [0.1, 0.15) is 0 Å². The fourth-order valence-corrected chi connectivity index (χ4v) is 2.53. The van der Waals surface area contributed by atoms with Crippen LogP contribution in [0, 0.1) is 0 Å². The molecule has 0 aliphatic carbocycles. The van der Waals surface area contributed by atoms with E-state index in [4.69, 9.17) is 11.6 Å². The van der Waals surface area contributed by atoms with Gasteiger partial charge >= 0.3 is 0 Å². The zero-order valence-electron chi connectivity index (χ0n) is 10.00. The number of nitrogens with one attached hydrogen (secondary N) is 1. The minimum absolute atomic E-state index is 0.754. The van der Waals surface area contributed by atoms with Gasteiger partial charge in [-0.25, -0.2) is 0 Å². The summed E-state index contributed by atoms with van der Waals surface area (Å²) in [6, 6.07) is 16.4. The van der Waals surface area contributed by atoms with E-state index in [1.54, 1.807) is 0 Å². The molecule has 2 aromatic carbocycles. The Morgan fingerprint density at radius 2 is 1.83 bits per heavy atom. The summed E-state index contributed by atoms with van der Waals surface area (Å²) in [4.78, 5) is 0. The third-order valence-electron chi connectivity index (χ3n) is 2.73. The molecule has 0 saturated carbocycles. The van der Waals surface area contributed by atoms with Gasteiger partial charge in [0.05, 0.1) is 10.7 Å². The average molecular weight is 325 g/mol. The molecule has 0 aliphatic heterocycles. The maximum atomic E-state index is 6.13. The summed E-state index contributed by atoms with van der Waals surface area (Å²) in [6.07, 6.45) is 2.18. The van der Waals surface area contributed by atoms with Gasteiger partial charge in [0.2, 0.25) is 0 Å². The lowest BCUT2D eigenvalue weighted by Crippen LogP contribution is -2.03. The third-order valence-corrected chi connectivity index (χ3v) is 3.54. The second-order valence-corrected chi connectivity index (χ2v) is 5.46. The van der Waals surface area contributed by atoms with Gasteiger partial charge in [-0.1, -0.05) is 57.9 Å². The summed E-state index contributed by atoms with van der Waals surface area (Å²) in [5.74, 6) is 0. The molecule has 0 bridgehead atoms. The van der Waals surface area contributed by atoms with E-state index in [1.165, 1.54) is 5.56 Å². The number of hydrogen-bond donors (Lipinski definition) is 1. The van der Waals surface area contributed by atoms with Crippen LogP contribution in [0.1, 0.15) is 12.0 Å². The highest BCUT2D eigenvalue weighted by atomic mass is 79.9. The van der Waals surface area contributed by atoms with Gasteiger partial charge in [0.15, 0.2) is 0 Å². The van der Waals surface area contributed by atoms with Crippen LogP contribution in [0.15, 0.2) is 53.0 Å². The smallest absolute Gasteiger partial charge is 0.0648 e. The molecule has 0 unspecified atom stereocenters. The molecule has 2 rings (SSSR count). The summed E-state index contributed by atoms with van der Waals surface area (Å²) in [7, 11) is 0. The molecular formula is C15H15BrClN. The SMILES string of the molecule is Clc1cc(Br)ccc1NCCCc1ccccc1. The lowest BCUT2D eigenvalue weighted by atomic mass is 10.1. The molecule has 0 radical (unpaired) electrons. The van der Waals surface area contributed by atoms with Crippen LogP contribution in [-0.2, 0) is 6.42 Å². The summed E-state index contributed by atoms with van der Waals surface area (Å²) in [5, 5.41) is 4.11. The Balaban J connectivity index is 1.79. The molecule has 1 N–H and O–H groups in total. The topological polar surface area (TPSA) is 12.0 Å². The van der Waals surface area contributed by atoms with E-state index >= 15 is 0 Å². The van der Waals surface area contributed by atoms with E-state index < -0.39 is 0 Å². The third kappa shape index (κ3) is 4.04. The van der Waals surface area contributed by atoms with Crippen molar-refractivity contribution in [1.82, 2.24) is 0 Å². The zero-order valence-corrected chi connectivity index (χ0v) is 12.3. The monoisotopic (exact) mass is 323 g/mol. The van der Waals surface area contributed by atoms with Crippen LogP contribution in [0.2, 0.25) is 5.02 Å². The van der Waals surface area contributed by atoms with Crippen LogP contribution in [-0.4, -0.2) is 6.54 Å². The maximum Gasteiger partial charge on any atom is 0.0648 e. The maximum absolute atomic E-state index is 6.13. The van der Waals surface area contributed by atoms with Crippen molar-refractivity contribution in [1.29, 1.82) is 0 Å². The summed E-state index contributed by atoms with van der Waals surface area (Å²) in [6.45, 7) is 0.927. The highest BCUT2D eigenvalue weighted by Gasteiger charge is 2.00. The fraction of sp³-hybridized carbons (Fsp3) is 0.200. The lowest BCUT2D eigenvalue weighted by Gasteiger charge is -2.08. The van der Waals surface area contributed by atoms with Gasteiger partial charge in [-0.05, 0) is 36.6 Å². The molecule has 1 nitrogen and oxygen atoms in total. The number of halogens is 2. The van der Waals surface area contributed by atoms with Gasteiger partial charge in [-0.15, -0.1) is 0 Å². The van der Waals surface area contributed by atoms with Crippen molar-refractivity contribution in [2.24, 2.45) is 0 Å². The number of rotatable bonds is 5. The van der Waals surface area contributed by atoms with Crippen molar-refractivity contribution in [2.45, 2.75) is 12.8 Å². The molecule has 0 amide bonds. The number of aryl methyl sites for hydroxylation is 1. The first kappa shape index (κ1) is 13.4. The first-order valence-electron chi connectivity index (χ1n) is 5.98. The Kier molecular flexibility index (Phi) is 5.09. The van der Waals surface area contributed by atoms with E-state index in [-0.39, 0.29) is 0 Å². The van der Waals surface area contributed by atoms with Crippen LogP contribution >= 0.6 is 27.5 Å². The Bertz CT molecular complexity index is 499. The Morgan fingerprint density at radius 3 is 2.56 bits per heavy atom. The van der Waals surface area contributed by atoms with Crippen LogP contribution in [0.25, 0.3) is 0 Å². The highest BCUT2D eigenvalue weighted by molar-refractivity contribution is 9.10. The van der Waals surface area contributed by atoms with E-state index in [9.17, 15) is 0 Å². The Hall–Kier alpha value is -0.990. The summed E-state index contributed by atoms with van der Waals surface area (Å²) < 4.78 is 1.00. The number of anilines is 1. The molecule has 3 heteroatoms. The Morgan fingerprint density at radius 1 is 1.06 bits per heavy atom. The molecule has 0 fully saturated rings. The van der Waals surface area contributed by atoms with Crippen molar-refractivity contribution in [3.8, 4) is 0 Å². The van der Waals surface area contributed by atoms with Crippen molar-refractivity contribution >= 4 is 33.2 Å². The van der Waals surface area contributed by atoms with Crippen molar-refractivity contribution in [3.63, 3.8) is 0 Å². The summed E-state index contributed by atoms with van der Waals surface area (Å²) in [5.41, 5.74) is 2.37. The van der Waals surface area contributed by atoms with Crippen molar-refractivity contribution in [3.05, 3.63) is 63.6 Å². The fourth-order valence-electron chi connectivity index (χ4n) is 1.79. The minimum Gasteiger partial charge on any atom is -0.384 e. The molecule has 0 atom stereocenters. The molecule has 18 heavy (non-hydrogen) atoms. The van der Waals surface area contributed by atoms with E-state index in [1.807, 2.05) is 24.3 Å². The molecule has 2 aromatic rings.